The minimum atomic E-state index is -0.0200. The molecule has 0 saturated carbocycles. The number of rotatable bonds is 6. The first kappa shape index (κ1) is 17.3. The maximum atomic E-state index is 12.8. The monoisotopic (exact) mass is 343 g/mol. The first-order chi connectivity index (χ1) is 12.1. The van der Waals surface area contributed by atoms with Crippen LogP contribution >= 0.6 is 0 Å². The Morgan fingerprint density at radius 2 is 2.32 bits per heavy atom. The number of carbonyl (C=O) groups excluding carboxylic acids is 1. The number of carbonyl (C=O) groups is 1. The van der Waals surface area contributed by atoms with E-state index in [4.69, 9.17) is 4.74 Å². The zero-order valence-corrected chi connectivity index (χ0v) is 15.0. The Morgan fingerprint density at radius 3 is 3.08 bits per heavy atom. The first-order valence-corrected chi connectivity index (χ1v) is 8.70. The summed E-state index contributed by atoms with van der Waals surface area (Å²) in [5, 5.41) is 6.97. The van der Waals surface area contributed by atoms with Gasteiger partial charge < -0.3 is 14.5 Å². The molecule has 3 heterocycles. The van der Waals surface area contributed by atoms with Gasteiger partial charge in [-0.05, 0) is 18.6 Å². The minimum absolute atomic E-state index is 0.0200. The van der Waals surface area contributed by atoms with Gasteiger partial charge in [-0.15, -0.1) is 0 Å². The van der Waals surface area contributed by atoms with Crippen LogP contribution in [0.1, 0.15) is 35.8 Å². The number of ether oxygens (including phenoxy) is 1. The first-order valence-electron chi connectivity index (χ1n) is 8.70. The largest absolute Gasteiger partial charge is 0.485 e. The number of aromatic amines is 1. The molecule has 7 nitrogen and oxygen atoms in total. The standard InChI is InChI=1S/C18H25N5O2/c1-4-6-15-14(11-20-21-15)18(24)23-10-8-13(12-23)25-16-7-5-9-19-17(16)22(2)3/h5,7,9,11,13H,4,6,8,10,12H2,1-3H3,(H,20,21)/t13-/m0/s1. The van der Waals surface area contributed by atoms with Gasteiger partial charge in [0.2, 0.25) is 0 Å². The van der Waals surface area contributed by atoms with E-state index in [0.717, 1.165) is 36.5 Å². The highest BCUT2D eigenvalue weighted by Crippen LogP contribution is 2.27. The molecule has 1 N–H and O–H groups in total. The molecule has 0 aliphatic carbocycles. The second-order valence-electron chi connectivity index (χ2n) is 6.51. The molecule has 0 aromatic carbocycles. The summed E-state index contributed by atoms with van der Waals surface area (Å²) in [6.45, 7) is 3.36. The van der Waals surface area contributed by atoms with Gasteiger partial charge in [0.15, 0.2) is 11.6 Å². The summed E-state index contributed by atoms with van der Waals surface area (Å²) in [6, 6.07) is 3.78. The molecule has 2 aromatic heterocycles. The molecular weight excluding hydrogens is 318 g/mol. The van der Waals surface area contributed by atoms with Crippen LogP contribution < -0.4 is 9.64 Å². The summed E-state index contributed by atoms with van der Waals surface area (Å²) in [4.78, 5) is 20.9. The molecule has 134 valence electrons. The smallest absolute Gasteiger partial charge is 0.257 e. The molecule has 1 amide bonds. The highest BCUT2D eigenvalue weighted by atomic mass is 16.5. The molecule has 1 fully saturated rings. The number of pyridine rings is 1. The van der Waals surface area contributed by atoms with Crippen LogP contribution in [0, 0.1) is 0 Å². The molecule has 3 rings (SSSR count). The number of aryl methyl sites for hydroxylation is 1. The maximum Gasteiger partial charge on any atom is 0.257 e. The lowest BCUT2D eigenvalue weighted by atomic mass is 10.1. The summed E-state index contributed by atoms with van der Waals surface area (Å²) in [5.41, 5.74) is 1.59. The Morgan fingerprint density at radius 1 is 1.48 bits per heavy atom. The van der Waals surface area contributed by atoms with Crippen molar-refractivity contribution in [3.05, 3.63) is 35.8 Å². The van der Waals surface area contributed by atoms with Crippen LogP contribution in [0.25, 0.3) is 0 Å². The lowest BCUT2D eigenvalue weighted by molar-refractivity contribution is 0.0771. The van der Waals surface area contributed by atoms with Crippen molar-refractivity contribution < 1.29 is 9.53 Å². The average Bonchev–Trinajstić information content (AvgIpc) is 3.24. The zero-order valence-electron chi connectivity index (χ0n) is 15.0. The fraction of sp³-hybridized carbons (Fsp3) is 0.500. The van der Waals surface area contributed by atoms with E-state index in [2.05, 4.69) is 22.1 Å². The third-order valence-electron chi connectivity index (χ3n) is 4.35. The van der Waals surface area contributed by atoms with E-state index in [1.807, 2.05) is 36.0 Å². The average molecular weight is 343 g/mol. The van der Waals surface area contributed by atoms with Crippen molar-refractivity contribution in [2.45, 2.75) is 32.3 Å². The Labute approximate surface area is 148 Å². The molecule has 1 aliphatic rings. The Hall–Kier alpha value is -2.57. The molecule has 7 heteroatoms. The molecular formula is C18H25N5O2. The third kappa shape index (κ3) is 3.75. The normalized spacial score (nSPS) is 16.9. The molecule has 0 bridgehead atoms. The lowest BCUT2D eigenvalue weighted by Gasteiger charge is -2.20. The topological polar surface area (TPSA) is 74.3 Å². The number of H-pyrrole nitrogens is 1. The summed E-state index contributed by atoms with van der Waals surface area (Å²) in [6.07, 6.45) is 5.98. The highest BCUT2D eigenvalue weighted by Gasteiger charge is 2.30. The van der Waals surface area contributed by atoms with Crippen molar-refractivity contribution >= 4 is 11.7 Å². The van der Waals surface area contributed by atoms with Gasteiger partial charge in [-0.2, -0.15) is 5.10 Å². The molecule has 1 aliphatic heterocycles. The minimum Gasteiger partial charge on any atom is -0.485 e. The molecule has 0 spiro atoms. The predicted molar refractivity (Wildman–Crippen MR) is 96.1 cm³/mol. The molecule has 25 heavy (non-hydrogen) atoms. The van der Waals surface area contributed by atoms with Gasteiger partial charge in [0.1, 0.15) is 6.10 Å². The molecule has 0 radical (unpaired) electrons. The van der Waals surface area contributed by atoms with Crippen molar-refractivity contribution in [3.8, 4) is 5.75 Å². The summed E-state index contributed by atoms with van der Waals surface area (Å²) >= 11 is 0. The lowest BCUT2D eigenvalue weighted by Crippen LogP contribution is -2.31. The summed E-state index contributed by atoms with van der Waals surface area (Å²) in [7, 11) is 3.88. The number of amides is 1. The number of aromatic nitrogens is 3. The van der Waals surface area contributed by atoms with E-state index < -0.39 is 0 Å². The summed E-state index contributed by atoms with van der Waals surface area (Å²) < 4.78 is 6.12. The number of hydrogen-bond donors (Lipinski definition) is 1. The third-order valence-corrected chi connectivity index (χ3v) is 4.35. The van der Waals surface area contributed by atoms with Crippen LogP contribution in [0.15, 0.2) is 24.5 Å². The number of likely N-dealkylation sites (tertiary alicyclic amines) is 1. The Balaban J connectivity index is 1.66. The highest BCUT2D eigenvalue weighted by molar-refractivity contribution is 5.95. The quantitative estimate of drug-likeness (QED) is 0.869. The van der Waals surface area contributed by atoms with Gasteiger partial charge in [0, 0.05) is 39.0 Å². The Kier molecular flexibility index (Phi) is 5.21. The van der Waals surface area contributed by atoms with Crippen LogP contribution in [-0.4, -0.2) is 59.3 Å². The molecule has 0 unspecified atom stereocenters. The second-order valence-corrected chi connectivity index (χ2v) is 6.51. The molecule has 1 atom stereocenters. The van der Waals surface area contributed by atoms with Gasteiger partial charge in [-0.25, -0.2) is 4.98 Å². The van der Waals surface area contributed by atoms with Gasteiger partial charge in [0.05, 0.1) is 18.3 Å². The zero-order chi connectivity index (χ0) is 17.8. The van der Waals surface area contributed by atoms with Crippen LogP contribution in [-0.2, 0) is 6.42 Å². The van der Waals surface area contributed by atoms with Gasteiger partial charge >= 0.3 is 0 Å². The van der Waals surface area contributed by atoms with E-state index >= 15 is 0 Å². The fourth-order valence-electron chi connectivity index (χ4n) is 3.11. The van der Waals surface area contributed by atoms with Crippen LogP contribution in [0.5, 0.6) is 5.75 Å². The summed E-state index contributed by atoms with van der Waals surface area (Å²) in [5.74, 6) is 1.58. The van der Waals surface area contributed by atoms with Crippen molar-refractivity contribution in [1.29, 1.82) is 0 Å². The van der Waals surface area contributed by atoms with E-state index in [1.54, 1.807) is 12.4 Å². The van der Waals surface area contributed by atoms with Crippen LogP contribution in [0.2, 0.25) is 0 Å². The van der Waals surface area contributed by atoms with Gasteiger partial charge in [-0.3, -0.25) is 9.89 Å². The number of hydrogen-bond acceptors (Lipinski definition) is 5. The number of nitrogens with zero attached hydrogens (tertiary/aromatic N) is 4. The van der Waals surface area contributed by atoms with Gasteiger partial charge in [-0.1, -0.05) is 13.3 Å². The van der Waals surface area contributed by atoms with Crippen molar-refractivity contribution in [1.82, 2.24) is 20.1 Å². The number of anilines is 1. The van der Waals surface area contributed by atoms with E-state index in [9.17, 15) is 4.79 Å². The molecule has 2 aromatic rings. The van der Waals surface area contributed by atoms with Crippen molar-refractivity contribution in [2.75, 3.05) is 32.1 Å². The van der Waals surface area contributed by atoms with E-state index in [1.165, 1.54) is 0 Å². The van der Waals surface area contributed by atoms with Gasteiger partial charge in [0.25, 0.3) is 5.91 Å². The van der Waals surface area contributed by atoms with Crippen LogP contribution in [0.3, 0.4) is 0 Å². The molecule has 1 saturated heterocycles. The maximum absolute atomic E-state index is 12.8. The van der Waals surface area contributed by atoms with Crippen molar-refractivity contribution in [3.63, 3.8) is 0 Å². The Bertz CT molecular complexity index is 728. The van der Waals surface area contributed by atoms with E-state index in [-0.39, 0.29) is 12.0 Å². The van der Waals surface area contributed by atoms with Crippen LogP contribution in [0.4, 0.5) is 5.82 Å². The van der Waals surface area contributed by atoms with Crippen molar-refractivity contribution in [2.24, 2.45) is 0 Å². The van der Waals surface area contributed by atoms with E-state index in [0.29, 0.717) is 18.7 Å². The predicted octanol–water partition coefficient (Wildman–Crippen LogP) is 2.12. The fourth-order valence-corrected chi connectivity index (χ4v) is 3.11. The number of nitrogens with one attached hydrogen (secondary N) is 1. The second kappa shape index (κ2) is 7.55. The SMILES string of the molecule is CCCc1[nH]ncc1C(=O)N1CC[C@H](Oc2cccnc2N(C)C)C1.